The number of hydrogen-bond acceptors (Lipinski definition) is 2. The molecule has 15 heavy (non-hydrogen) atoms. The molecule has 0 bridgehead atoms. The fourth-order valence-electron chi connectivity index (χ4n) is 1.35. The smallest absolute Gasteiger partial charge is 0.220 e. The first kappa shape index (κ1) is 11.9. The highest BCUT2D eigenvalue weighted by Gasteiger charge is 2.22. The van der Waals surface area contributed by atoms with E-state index in [-0.39, 0.29) is 0 Å². The third-order valence-corrected chi connectivity index (χ3v) is 2.72. The summed E-state index contributed by atoms with van der Waals surface area (Å²) in [4.78, 5) is 22.3. The highest BCUT2D eigenvalue weighted by Crippen LogP contribution is 2.25. The number of aryl methyl sites for hydroxylation is 2. The van der Waals surface area contributed by atoms with Gasteiger partial charge in [0, 0.05) is 6.92 Å². The second-order valence-corrected chi connectivity index (χ2v) is 4.08. The largest absolute Gasteiger partial charge is 0.291 e. The molecule has 0 aliphatic rings. The third-order valence-electron chi connectivity index (χ3n) is 2.28. The summed E-state index contributed by atoms with van der Waals surface area (Å²) in [5.74, 6) is -1.05. The van der Waals surface area contributed by atoms with Crippen LogP contribution in [0.3, 0.4) is 0 Å². The van der Waals surface area contributed by atoms with Crippen molar-refractivity contribution in [3.8, 4) is 0 Å². The summed E-state index contributed by atoms with van der Waals surface area (Å²) in [6.07, 6.45) is 0. The standard InChI is InChI=1S/C12H13ClO2/c1-7-4-5-8(2)10(6-7)11(13)12(15)9(3)14/h4-6,11H,1-3H3. The summed E-state index contributed by atoms with van der Waals surface area (Å²) < 4.78 is 0. The lowest BCUT2D eigenvalue weighted by Gasteiger charge is -2.10. The Labute approximate surface area is 94.2 Å². The molecule has 0 saturated carbocycles. The zero-order valence-electron chi connectivity index (χ0n) is 9.00. The molecule has 0 radical (unpaired) electrons. The summed E-state index contributed by atoms with van der Waals surface area (Å²) in [5.41, 5.74) is 2.67. The van der Waals surface area contributed by atoms with Crippen LogP contribution in [0.2, 0.25) is 0 Å². The summed E-state index contributed by atoms with van der Waals surface area (Å²) in [5, 5.41) is -0.859. The van der Waals surface area contributed by atoms with Gasteiger partial charge < -0.3 is 0 Å². The van der Waals surface area contributed by atoms with E-state index in [2.05, 4.69) is 0 Å². The highest BCUT2D eigenvalue weighted by atomic mass is 35.5. The minimum atomic E-state index is -0.859. The average Bonchev–Trinajstić information content (AvgIpc) is 2.19. The van der Waals surface area contributed by atoms with Crippen molar-refractivity contribution in [1.29, 1.82) is 0 Å². The van der Waals surface area contributed by atoms with E-state index in [1.165, 1.54) is 6.92 Å². The van der Waals surface area contributed by atoms with E-state index in [4.69, 9.17) is 11.6 Å². The molecule has 0 N–H and O–H groups in total. The van der Waals surface area contributed by atoms with Gasteiger partial charge in [-0.15, -0.1) is 11.6 Å². The molecule has 0 aliphatic heterocycles. The molecule has 0 heterocycles. The van der Waals surface area contributed by atoms with E-state index < -0.39 is 16.9 Å². The van der Waals surface area contributed by atoms with Crippen molar-refractivity contribution in [2.75, 3.05) is 0 Å². The molecule has 1 atom stereocenters. The van der Waals surface area contributed by atoms with E-state index >= 15 is 0 Å². The topological polar surface area (TPSA) is 34.1 Å². The van der Waals surface area contributed by atoms with E-state index in [1.54, 1.807) is 0 Å². The second-order valence-electron chi connectivity index (χ2n) is 3.64. The van der Waals surface area contributed by atoms with Crippen LogP contribution in [0.15, 0.2) is 18.2 Å². The van der Waals surface area contributed by atoms with Crippen LogP contribution < -0.4 is 0 Å². The predicted octanol–water partition coefficient (Wildman–Crippen LogP) is 2.74. The van der Waals surface area contributed by atoms with Gasteiger partial charge in [0.25, 0.3) is 0 Å². The Morgan fingerprint density at radius 3 is 2.40 bits per heavy atom. The van der Waals surface area contributed by atoms with E-state index in [9.17, 15) is 9.59 Å². The Morgan fingerprint density at radius 1 is 1.27 bits per heavy atom. The van der Waals surface area contributed by atoms with Gasteiger partial charge in [0.05, 0.1) is 0 Å². The molecule has 80 valence electrons. The molecule has 1 aromatic carbocycles. The van der Waals surface area contributed by atoms with Crippen LogP contribution in [0.25, 0.3) is 0 Å². The summed E-state index contributed by atoms with van der Waals surface area (Å²) in [6.45, 7) is 5.03. The van der Waals surface area contributed by atoms with E-state index in [0.717, 1.165) is 16.7 Å². The Morgan fingerprint density at radius 2 is 1.87 bits per heavy atom. The Hall–Kier alpha value is -1.15. The summed E-state index contributed by atoms with van der Waals surface area (Å²) in [6, 6.07) is 5.68. The molecule has 0 fully saturated rings. The van der Waals surface area contributed by atoms with Gasteiger partial charge in [-0.05, 0) is 25.0 Å². The minimum Gasteiger partial charge on any atom is -0.291 e. The first-order chi connectivity index (χ1) is 6.93. The zero-order chi connectivity index (χ0) is 11.6. The van der Waals surface area contributed by atoms with Gasteiger partial charge in [-0.1, -0.05) is 23.8 Å². The molecule has 2 nitrogen and oxygen atoms in total. The van der Waals surface area contributed by atoms with Crippen molar-refractivity contribution in [1.82, 2.24) is 0 Å². The number of carbonyl (C=O) groups excluding carboxylic acids is 2. The number of alkyl halides is 1. The van der Waals surface area contributed by atoms with Gasteiger partial charge in [0.15, 0.2) is 5.78 Å². The lowest BCUT2D eigenvalue weighted by atomic mass is 9.99. The summed E-state index contributed by atoms with van der Waals surface area (Å²) in [7, 11) is 0. The van der Waals surface area contributed by atoms with Gasteiger partial charge in [0.1, 0.15) is 5.38 Å². The average molecular weight is 225 g/mol. The van der Waals surface area contributed by atoms with Crippen LogP contribution in [0.1, 0.15) is 29.0 Å². The van der Waals surface area contributed by atoms with Crippen molar-refractivity contribution in [2.45, 2.75) is 26.1 Å². The Kier molecular flexibility index (Phi) is 3.64. The quantitative estimate of drug-likeness (QED) is 0.585. The Bertz CT molecular complexity index is 410. The number of ketones is 2. The van der Waals surface area contributed by atoms with Crippen LogP contribution >= 0.6 is 11.6 Å². The van der Waals surface area contributed by atoms with Gasteiger partial charge in [-0.2, -0.15) is 0 Å². The van der Waals surface area contributed by atoms with Crippen LogP contribution in [0, 0.1) is 13.8 Å². The number of Topliss-reactive ketones (excluding diaryl/α,β-unsaturated/α-hetero) is 2. The summed E-state index contributed by atoms with van der Waals surface area (Å²) >= 11 is 5.96. The maximum absolute atomic E-state index is 11.4. The number of benzene rings is 1. The zero-order valence-corrected chi connectivity index (χ0v) is 9.76. The van der Waals surface area contributed by atoms with Gasteiger partial charge in [-0.25, -0.2) is 0 Å². The molecule has 1 aromatic rings. The molecular formula is C12H13ClO2. The lowest BCUT2D eigenvalue weighted by molar-refractivity contribution is -0.135. The van der Waals surface area contributed by atoms with Crippen LogP contribution in [0.4, 0.5) is 0 Å². The van der Waals surface area contributed by atoms with E-state index in [1.807, 2.05) is 32.0 Å². The van der Waals surface area contributed by atoms with Crippen molar-refractivity contribution in [3.05, 3.63) is 34.9 Å². The second kappa shape index (κ2) is 4.58. The molecule has 0 saturated heterocycles. The molecule has 0 amide bonds. The molecular weight excluding hydrogens is 212 g/mol. The minimum absolute atomic E-state index is 0.504. The first-order valence-electron chi connectivity index (χ1n) is 4.69. The molecule has 0 spiro atoms. The SMILES string of the molecule is CC(=O)C(=O)C(Cl)c1cc(C)ccc1C. The molecule has 3 heteroatoms. The maximum atomic E-state index is 11.4. The van der Waals surface area contributed by atoms with Crippen LogP contribution in [-0.2, 0) is 9.59 Å². The lowest BCUT2D eigenvalue weighted by Crippen LogP contribution is -2.16. The van der Waals surface area contributed by atoms with Crippen molar-refractivity contribution in [3.63, 3.8) is 0 Å². The van der Waals surface area contributed by atoms with Crippen molar-refractivity contribution < 1.29 is 9.59 Å². The third kappa shape index (κ3) is 2.66. The number of rotatable bonds is 3. The van der Waals surface area contributed by atoms with Crippen molar-refractivity contribution in [2.24, 2.45) is 0 Å². The Balaban J connectivity index is 3.10. The maximum Gasteiger partial charge on any atom is 0.220 e. The van der Waals surface area contributed by atoms with Crippen molar-refractivity contribution >= 4 is 23.2 Å². The molecule has 1 unspecified atom stereocenters. The first-order valence-corrected chi connectivity index (χ1v) is 5.13. The predicted molar refractivity (Wildman–Crippen MR) is 60.2 cm³/mol. The molecule has 1 rings (SSSR count). The fraction of sp³-hybridized carbons (Fsp3) is 0.333. The number of carbonyl (C=O) groups is 2. The normalized spacial score (nSPS) is 12.3. The van der Waals surface area contributed by atoms with Crippen LogP contribution in [0.5, 0.6) is 0 Å². The molecule has 0 aliphatic carbocycles. The van der Waals surface area contributed by atoms with Gasteiger partial charge in [0.2, 0.25) is 5.78 Å². The fourth-order valence-corrected chi connectivity index (χ4v) is 1.74. The number of halogens is 1. The van der Waals surface area contributed by atoms with Gasteiger partial charge >= 0.3 is 0 Å². The van der Waals surface area contributed by atoms with E-state index in [0.29, 0.717) is 0 Å². The van der Waals surface area contributed by atoms with Crippen LogP contribution in [-0.4, -0.2) is 11.6 Å². The monoisotopic (exact) mass is 224 g/mol. The molecule has 0 aromatic heterocycles. The van der Waals surface area contributed by atoms with Gasteiger partial charge in [-0.3, -0.25) is 9.59 Å². The highest BCUT2D eigenvalue weighted by molar-refractivity contribution is 6.48. The number of hydrogen-bond donors (Lipinski definition) is 0.